The number of halogens is 4. The average molecular weight is 589 g/mol. The first-order chi connectivity index (χ1) is 19.5. The maximum absolute atomic E-state index is 14.3. The molecule has 1 aromatic heterocycles. The minimum Gasteiger partial charge on any atom is -0.449 e. The first-order valence-corrected chi connectivity index (χ1v) is 13.6. The lowest BCUT2D eigenvalue weighted by Crippen LogP contribution is -3.10. The van der Waals surface area contributed by atoms with E-state index < -0.39 is 29.1 Å². The predicted octanol–water partition coefficient (Wildman–Crippen LogP) is 6.99. The zero-order chi connectivity index (χ0) is 29.7. The quantitative estimate of drug-likeness (QED) is 0.160. The molecule has 0 radical (unpaired) electrons. The lowest BCUT2D eigenvalue weighted by Gasteiger charge is -2.21. The van der Waals surface area contributed by atoms with E-state index in [1.165, 1.54) is 36.4 Å². The Balaban J connectivity index is 1.90. The molecule has 0 aliphatic rings. The molecule has 4 aromatic rings. The number of aryl methyl sites for hydroxylation is 1. The summed E-state index contributed by atoms with van der Waals surface area (Å²) in [5, 5.41) is 0.224. The number of hydrogen-bond acceptors (Lipinski definition) is 5. The summed E-state index contributed by atoms with van der Waals surface area (Å²) in [5.41, 5.74) is 0.116. The monoisotopic (exact) mass is 588 g/mol. The lowest BCUT2D eigenvalue weighted by atomic mass is 10.1. The molecule has 216 valence electrons. The van der Waals surface area contributed by atoms with Gasteiger partial charge in [-0.2, -0.15) is 13.2 Å². The van der Waals surface area contributed by atoms with Crippen molar-refractivity contribution in [3.8, 4) is 17.2 Å². The summed E-state index contributed by atoms with van der Waals surface area (Å²) in [6, 6.07) is 15.0. The summed E-state index contributed by atoms with van der Waals surface area (Å²) in [5.74, 6) is -3.25. The third-order valence-electron chi connectivity index (χ3n) is 6.49. The highest BCUT2D eigenvalue weighted by atomic mass is 35.5. The number of nitrogens with one attached hydrogen (secondary N) is 1. The zero-order valence-corrected chi connectivity index (χ0v) is 23.6. The van der Waals surface area contributed by atoms with Crippen LogP contribution in [0.5, 0.6) is 17.2 Å². The van der Waals surface area contributed by atoms with E-state index >= 15 is 0 Å². The van der Waals surface area contributed by atoms with Crippen molar-refractivity contribution in [2.24, 2.45) is 0 Å². The number of carbonyl (C=O) groups is 1. The maximum Gasteiger partial charge on any atom is 0.453 e. The number of rotatable bonds is 10. The third kappa shape index (κ3) is 7.10. The highest BCUT2D eigenvalue weighted by Gasteiger charge is 2.41. The molecule has 0 spiro atoms. The fourth-order valence-electron chi connectivity index (χ4n) is 4.55. The normalized spacial score (nSPS) is 11.7. The van der Waals surface area contributed by atoms with Crippen LogP contribution in [0, 0.1) is 6.92 Å². The van der Waals surface area contributed by atoms with Crippen LogP contribution in [0.15, 0.2) is 69.9 Å². The molecular formula is C31H30ClF3NO5+. The summed E-state index contributed by atoms with van der Waals surface area (Å²) in [7, 11) is 0. The second-order valence-corrected chi connectivity index (χ2v) is 10.2. The van der Waals surface area contributed by atoms with Crippen molar-refractivity contribution in [2.75, 3.05) is 13.1 Å². The first kappa shape index (κ1) is 30.1. The van der Waals surface area contributed by atoms with E-state index in [9.17, 15) is 22.8 Å². The lowest BCUT2D eigenvalue weighted by molar-refractivity contribution is -0.913. The van der Waals surface area contributed by atoms with Crippen LogP contribution >= 0.6 is 11.6 Å². The third-order valence-corrected chi connectivity index (χ3v) is 6.75. The number of fused-ring (bicyclic) bond motifs is 1. The summed E-state index contributed by atoms with van der Waals surface area (Å²) < 4.78 is 59.5. The number of ether oxygens (including phenoxy) is 2. The molecule has 1 N–H and O–H groups in total. The van der Waals surface area contributed by atoms with E-state index in [-0.39, 0.29) is 40.1 Å². The van der Waals surface area contributed by atoms with Crippen LogP contribution in [0.2, 0.25) is 5.02 Å². The molecule has 0 amide bonds. The van der Waals surface area contributed by atoms with Gasteiger partial charge in [-0.05, 0) is 68.3 Å². The Hall–Kier alpha value is -3.82. The van der Waals surface area contributed by atoms with Gasteiger partial charge in [0.15, 0.2) is 5.58 Å². The standard InChI is InChI=1S/C31H29ClF3NO5/c1-4-16-36(17-5-2)18-24-25(40-30(38)20-8-6-19(3)7-9-20)15-14-23-26(37)28(29(31(33,34)35)41-27(23)24)39-22-12-10-21(32)11-13-22/h6-15H,4-5,16-18H2,1-3H3/p+1. The minimum absolute atomic E-state index is 0.0167. The molecule has 4 rings (SSSR count). The SMILES string of the molecule is CCC[NH+](CCC)Cc1c(OC(=O)c2ccc(C)cc2)ccc2c(=O)c(Oc3ccc(Cl)cc3)c(C(F)(F)F)oc12. The van der Waals surface area contributed by atoms with Crippen LogP contribution in [0.25, 0.3) is 11.0 Å². The van der Waals surface area contributed by atoms with Gasteiger partial charge in [0.1, 0.15) is 18.0 Å². The van der Waals surface area contributed by atoms with Crippen molar-refractivity contribution in [2.45, 2.75) is 46.3 Å². The molecule has 0 saturated heterocycles. The molecule has 0 saturated carbocycles. The number of benzene rings is 3. The summed E-state index contributed by atoms with van der Waals surface area (Å²) >= 11 is 5.87. The van der Waals surface area contributed by atoms with Gasteiger partial charge < -0.3 is 18.8 Å². The average Bonchev–Trinajstić information content (AvgIpc) is 2.92. The fourth-order valence-corrected chi connectivity index (χ4v) is 4.68. The largest absolute Gasteiger partial charge is 0.453 e. The Labute approximate surface area is 240 Å². The van der Waals surface area contributed by atoms with Crippen LogP contribution in [0.3, 0.4) is 0 Å². The predicted molar refractivity (Wildman–Crippen MR) is 150 cm³/mol. The molecule has 0 bridgehead atoms. The Morgan fingerprint density at radius 1 is 0.951 bits per heavy atom. The van der Waals surface area contributed by atoms with Crippen LogP contribution in [0.4, 0.5) is 13.2 Å². The Morgan fingerprint density at radius 3 is 2.17 bits per heavy atom. The molecule has 0 unspecified atom stereocenters. The molecule has 3 aromatic carbocycles. The van der Waals surface area contributed by atoms with Gasteiger partial charge in [0.2, 0.25) is 11.2 Å². The van der Waals surface area contributed by atoms with Gasteiger partial charge in [0.05, 0.1) is 29.6 Å². The second-order valence-electron chi connectivity index (χ2n) is 9.74. The summed E-state index contributed by atoms with van der Waals surface area (Å²) in [6.45, 7) is 7.47. The molecule has 1 heterocycles. The molecule has 0 atom stereocenters. The summed E-state index contributed by atoms with van der Waals surface area (Å²) in [4.78, 5) is 27.5. The van der Waals surface area contributed by atoms with Crippen molar-refractivity contribution in [1.29, 1.82) is 0 Å². The second kappa shape index (κ2) is 12.8. The van der Waals surface area contributed by atoms with Gasteiger partial charge in [-0.3, -0.25) is 4.79 Å². The highest BCUT2D eigenvalue weighted by Crippen LogP contribution is 2.40. The number of carbonyl (C=O) groups excluding carboxylic acids is 1. The van der Waals surface area contributed by atoms with Crippen molar-refractivity contribution < 1.29 is 36.8 Å². The number of alkyl halides is 3. The van der Waals surface area contributed by atoms with Crippen LogP contribution < -0.4 is 19.8 Å². The van der Waals surface area contributed by atoms with Gasteiger partial charge >= 0.3 is 12.1 Å². The van der Waals surface area contributed by atoms with E-state index in [4.69, 9.17) is 25.5 Å². The van der Waals surface area contributed by atoms with Crippen molar-refractivity contribution in [3.63, 3.8) is 0 Å². The smallest absolute Gasteiger partial charge is 0.449 e. The Kier molecular flexibility index (Phi) is 9.40. The summed E-state index contributed by atoms with van der Waals surface area (Å²) in [6.07, 6.45) is -3.43. The Bertz CT molecular complexity index is 1580. The van der Waals surface area contributed by atoms with Crippen molar-refractivity contribution >= 4 is 28.5 Å². The molecule has 0 aliphatic carbocycles. The Morgan fingerprint density at radius 2 is 1.59 bits per heavy atom. The topological polar surface area (TPSA) is 70.2 Å². The highest BCUT2D eigenvalue weighted by molar-refractivity contribution is 6.30. The van der Waals surface area contributed by atoms with Crippen molar-refractivity contribution in [1.82, 2.24) is 0 Å². The molecule has 10 heteroatoms. The fraction of sp³-hybridized carbons (Fsp3) is 0.290. The van der Waals surface area contributed by atoms with Gasteiger partial charge in [-0.15, -0.1) is 0 Å². The van der Waals surface area contributed by atoms with E-state index in [1.54, 1.807) is 24.3 Å². The number of quaternary nitrogens is 1. The number of esters is 1. The van der Waals surface area contributed by atoms with Crippen LogP contribution in [-0.2, 0) is 12.7 Å². The van der Waals surface area contributed by atoms with Gasteiger partial charge in [-0.25, -0.2) is 4.79 Å². The molecule has 6 nitrogen and oxygen atoms in total. The van der Waals surface area contributed by atoms with Crippen LogP contribution in [-0.4, -0.2) is 19.1 Å². The zero-order valence-electron chi connectivity index (χ0n) is 22.9. The van der Waals surface area contributed by atoms with Crippen LogP contribution in [0.1, 0.15) is 53.9 Å². The van der Waals surface area contributed by atoms with Gasteiger partial charge in [0.25, 0.3) is 5.76 Å². The van der Waals surface area contributed by atoms with Gasteiger partial charge in [-0.1, -0.05) is 43.1 Å². The molecule has 0 fully saturated rings. The van der Waals surface area contributed by atoms with E-state index in [1.807, 2.05) is 20.8 Å². The molecule has 41 heavy (non-hydrogen) atoms. The van der Waals surface area contributed by atoms with Crippen molar-refractivity contribution in [3.05, 3.63) is 98.4 Å². The number of hydrogen-bond donors (Lipinski definition) is 1. The minimum atomic E-state index is -5.06. The molecule has 0 aliphatic heterocycles. The molecular weight excluding hydrogens is 559 g/mol. The first-order valence-electron chi connectivity index (χ1n) is 13.3. The van der Waals surface area contributed by atoms with E-state index in [0.29, 0.717) is 18.1 Å². The van der Waals surface area contributed by atoms with E-state index in [2.05, 4.69) is 0 Å². The van der Waals surface area contributed by atoms with Gasteiger partial charge in [0, 0.05) is 5.02 Å². The maximum atomic E-state index is 14.3. The van der Waals surface area contributed by atoms with E-state index in [0.717, 1.165) is 23.3 Å².